The van der Waals surface area contributed by atoms with Crippen molar-refractivity contribution in [3.05, 3.63) is 71.3 Å². The van der Waals surface area contributed by atoms with Crippen molar-refractivity contribution in [3.8, 4) is 0 Å². The molecule has 136 valence electrons. The lowest BCUT2D eigenvalue weighted by Crippen LogP contribution is -2.43. The van der Waals surface area contributed by atoms with Crippen LogP contribution in [-0.2, 0) is 22.6 Å². The molecule has 4 nitrogen and oxygen atoms in total. The van der Waals surface area contributed by atoms with Gasteiger partial charge in [-0.1, -0.05) is 60.2 Å². The Kier molecular flexibility index (Phi) is 6.05. The molecule has 0 saturated carbocycles. The fourth-order valence-corrected chi connectivity index (χ4v) is 3.31. The number of likely N-dealkylation sites (tertiary alicyclic amines) is 1. The van der Waals surface area contributed by atoms with Gasteiger partial charge in [0.15, 0.2) is 0 Å². The van der Waals surface area contributed by atoms with E-state index in [1.807, 2.05) is 47.4 Å². The van der Waals surface area contributed by atoms with E-state index in [9.17, 15) is 9.59 Å². The average Bonchev–Trinajstić information content (AvgIpc) is 2.68. The van der Waals surface area contributed by atoms with Crippen molar-refractivity contribution in [1.82, 2.24) is 10.2 Å². The SMILES string of the molecule is Cc1ccc(CNC(=O)C2CCN(C(=O)Cc3ccccc3)CC2)cc1. The maximum absolute atomic E-state index is 12.4. The summed E-state index contributed by atoms with van der Waals surface area (Å²) in [5, 5.41) is 3.03. The number of benzene rings is 2. The molecular formula is C22H26N2O2. The Hall–Kier alpha value is -2.62. The maximum Gasteiger partial charge on any atom is 0.226 e. The number of amides is 2. The van der Waals surface area contributed by atoms with Gasteiger partial charge in [-0.2, -0.15) is 0 Å². The van der Waals surface area contributed by atoms with Crippen LogP contribution in [0.15, 0.2) is 54.6 Å². The molecule has 1 fully saturated rings. The summed E-state index contributed by atoms with van der Waals surface area (Å²) in [6, 6.07) is 18.0. The second-order valence-corrected chi connectivity index (χ2v) is 7.02. The van der Waals surface area contributed by atoms with Crippen LogP contribution in [-0.4, -0.2) is 29.8 Å². The van der Waals surface area contributed by atoms with E-state index < -0.39 is 0 Å². The van der Waals surface area contributed by atoms with Gasteiger partial charge in [0.1, 0.15) is 0 Å². The molecule has 0 spiro atoms. The number of aryl methyl sites for hydroxylation is 1. The molecule has 4 heteroatoms. The summed E-state index contributed by atoms with van der Waals surface area (Å²) in [5.74, 6) is 0.247. The van der Waals surface area contributed by atoms with E-state index in [2.05, 4.69) is 24.4 Å². The lowest BCUT2D eigenvalue weighted by atomic mass is 9.95. The highest BCUT2D eigenvalue weighted by molar-refractivity contribution is 5.81. The smallest absolute Gasteiger partial charge is 0.226 e. The van der Waals surface area contributed by atoms with E-state index in [0.717, 1.165) is 24.0 Å². The molecule has 3 rings (SSSR count). The second kappa shape index (κ2) is 8.65. The molecule has 26 heavy (non-hydrogen) atoms. The Labute approximate surface area is 155 Å². The van der Waals surface area contributed by atoms with Gasteiger partial charge in [0, 0.05) is 25.6 Å². The maximum atomic E-state index is 12.4. The van der Waals surface area contributed by atoms with Gasteiger partial charge in [0.25, 0.3) is 0 Å². The van der Waals surface area contributed by atoms with Crippen molar-refractivity contribution < 1.29 is 9.59 Å². The fraction of sp³-hybridized carbons (Fsp3) is 0.364. The number of piperidine rings is 1. The highest BCUT2D eigenvalue weighted by atomic mass is 16.2. The van der Waals surface area contributed by atoms with Gasteiger partial charge in [-0.15, -0.1) is 0 Å². The van der Waals surface area contributed by atoms with Crippen molar-refractivity contribution in [2.75, 3.05) is 13.1 Å². The standard InChI is InChI=1S/C22H26N2O2/c1-17-7-9-19(10-8-17)16-23-22(26)20-11-13-24(14-12-20)21(25)15-18-5-3-2-4-6-18/h2-10,20H,11-16H2,1H3,(H,23,26). The lowest BCUT2D eigenvalue weighted by Gasteiger charge is -2.31. The average molecular weight is 350 g/mol. The summed E-state index contributed by atoms with van der Waals surface area (Å²) in [5.41, 5.74) is 3.36. The molecular weight excluding hydrogens is 324 g/mol. The molecule has 1 aliphatic rings. The van der Waals surface area contributed by atoms with E-state index in [-0.39, 0.29) is 17.7 Å². The van der Waals surface area contributed by atoms with Crippen molar-refractivity contribution >= 4 is 11.8 Å². The number of hydrogen-bond donors (Lipinski definition) is 1. The highest BCUT2D eigenvalue weighted by Gasteiger charge is 2.27. The first-order chi connectivity index (χ1) is 12.6. The molecule has 1 aliphatic heterocycles. The lowest BCUT2D eigenvalue weighted by molar-refractivity contribution is -0.135. The Balaban J connectivity index is 1.43. The third kappa shape index (κ3) is 4.94. The third-order valence-corrected chi connectivity index (χ3v) is 5.00. The minimum Gasteiger partial charge on any atom is -0.352 e. The highest BCUT2D eigenvalue weighted by Crippen LogP contribution is 2.18. The predicted octanol–water partition coefficient (Wildman–Crippen LogP) is 3.09. The molecule has 1 saturated heterocycles. The van der Waals surface area contributed by atoms with E-state index >= 15 is 0 Å². The van der Waals surface area contributed by atoms with Crippen LogP contribution in [0.2, 0.25) is 0 Å². The van der Waals surface area contributed by atoms with Crippen molar-refractivity contribution in [2.45, 2.75) is 32.7 Å². The zero-order valence-electron chi connectivity index (χ0n) is 15.3. The van der Waals surface area contributed by atoms with E-state index in [4.69, 9.17) is 0 Å². The van der Waals surface area contributed by atoms with Gasteiger partial charge in [-0.3, -0.25) is 9.59 Å². The first-order valence-electron chi connectivity index (χ1n) is 9.27. The summed E-state index contributed by atoms with van der Waals surface area (Å²) >= 11 is 0. The molecule has 0 aliphatic carbocycles. The summed E-state index contributed by atoms with van der Waals surface area (Å²) in [6.07, 6.45) is 1.91. The fourth-order valence-electron chi connectivity index (χ4n) is 3.31. The minimum absolute atomic E-state index is 0.00113. The van der Waals surface area contributed by atoms with Crippen LogP contribution in [0, 0.1) is 12.8 Å². The first kappa shape index (κ1) is 18.2. The molecule has 2 aromatic rings. The number of nitrogens with zero attached hydrogens (tertiary/aromatic N) is 1. The van der Waals surface area contributed by atoms with Gasteiger partial charge in [-0.25, -0.2) is 0 Å². The molecule has 0 unspecified atom stereocenters. The Bertz CT molecular complexity index is 732. The number of nitrogens with one attached hydrogen (secondary N) is 1. The van der Waals surface area contributed by atoms with Gasteiger partial charge < -0.3 is 10.2 Å². The number of rotatable bonds is 5. The van der Waals surface area contributed by atoms with Crippen LogP contribution >= 0.6 is 0 Å². The van der Waals surface area contributed by atoms with Crippen LogP contribution < -0.4 is 5.32 Å². The Morgan fingerprint density at radius 2 is 1.62 bits per heavy atom. The summed E-state index contributed by atoms with van der Waals surface area (Å²) < 4.78 is 0. The van der Waals surface area contributed by atoms with Crippen LogP contribution in [0.25, 0.3) is 0 Å². The Morgan fingerprint density at radius 1 is 0.962 bits per heavy atom. The molecule has 2 amide bonds. The van der Waals surface area contributed by atoms with Crippen LogP contribution in [0.3, 0.4) is 0 Å². The largest absolute Gasteiger partial charge is 0.352 e. The van der Waals surface area contributed by atoms with Gasteiger partial charge >= 0.3 is 0 Å². The zero-order chi connectivity index (χ0) is 18.4. The molecule has 1 heterocycles. The molecule has 0 bridgehead atoms. The number of hydrogen-bond acceptors (Lipinski definition) is 2. The van der Waals surface area contributed by atoms with E-state index in [0.29, 0.717) is 26.1 Å². The van der Waals surface area contributed by atoms with Gasteiger partial charge in [0.2, 0.25) is 11.8 Å². The summed E-state index contributed by atoms with van der Waals surface area (Å²) in [7, 11) is 0. The van der Waals surface area contributed by atoms with Gasteiger partial charge in [0.05, 0.1) is 6.42 Å². The molecule has 0 atom stereocenters. The van der Waals surface area contributed by atoms with Crippen LogP contribution in [0.5, 0.6) is 0 Å². The quantitative estimate of drug-likeness (QED) is 0.901. The number of carbonyl (C=O) groups is 2. The van der Waals surface area contributed by atoms with Crippen LogP contribution in [0.1, 0.15) is 29.5 Å². The van der Waals surface area contributed by atoms with E-state index in [1.54, 1.807) is 0 Å². The van der Waals surface area contributed by atoms with Crippen LogP contribution in [0.4, 0.5) is 0 Å². The van der Waals surface area contributed by atoms with E-state index in [1.165, 1.54) is 5.56 Å². The normalized spacial score (nSPS) is 14.9. The summed E-state index contributed by atoms with van der Waals surface area (Å²) in [4.78, 5) is 26.7. The second-order valence-electron chi connectivity index (χ2n) is 7.02. The molecule has 0 aromatic heterocycles. The van der Waals surface area contributed by atoms with Crippen molar-refractivity contribution in [2.24, 2.45) is 5.92 Å². The minimum atomic E-state index is 0.00113. The topological polar surface area (TPSA) is 49.4 Å². The zero-order valence-corrected chi connectivity index (χ0v) is 15.3. The number of carbonyl (C=O) groups excluding carboxylic acids is 2. The van der Waals surface area contributed by atoms with Crippen molar-refractivity contribution in [1.29, 1.82) is 0 Å². The monoisotopic (exact) mass is 350 g/mol. The predicted molar refractivity (Wildman–Crippen MR) is 102 cm³/mol. The Morgan fingerprint density at radius 3 is 2.27 bits per heavy atom. The first-order valence-corrected chi connectivity index (χ1v) is 9.27. The molecule has 2 aromatic carbocycles. The third-order valence-electron chi connectivity index (χ3n) is 5.00. The molecule has 1 N–H and O–H groups in total. The summed E-state index contributed by atoms with van der Waals surface area (Å²) in [6.45, 7) is 3.93. The molecule has 0 radical (unpaired) electrons. The van der Waals surface area contributed by atoms with Gasteiger partial charge in [-0.05, 0) is 30.9 Å². The van der Waals surface area contributed by atoms with Crippen molar-refractivity contribution in [3.63, 3.8) is 0 Å².